The lowest BCUT2D eigenvalue weighted by atomic mass is 9.93. The molecule has 0 aliphatic carbocycles. The highest BCUT2D eigenvalue weighted by Crippen LogP contribution is 2.11. The number of hydrogen-bond acceptors (Lipinski definition) is 3. The summed E-state index contributed by atoms with van der Waals surface area (Å²) < 4.78 is 0. The molecule has 0 radical (unpaired) electrons. The maximum atomic E-state index is 11.7. The molecule has 4 N–H and O–H groups in total. The predicted molar refractivity (Wildman–Crippen MR) is 60.0 cm³/mol. The first-order chi connectivity index (χ1) is 6.63. The number of hydrogen-bond donors (Lipinski definition) is 2. The van der Waals surface area contributed by atoms with Crippen molar-refractivity contribution in [2.75, 3.05) is 6.54 Å². The molecule has 2 unspecified atom stereocenters. The van der Waals surface area contributed by atoms with Gasteiger partial charge in [0.15, 0.2) is 5.78 Å². The minimum atomic E-state index is -0.301. The van der Waals surface area contributed by atoms with E-state index in [0.717, 1.165) is 32.1 Å². The summed E-state index contributed by atoms with van der Waals surface area (Å²) in [5, 5.41) is 0. The first-order valence-electron chi connectivity index (χ1n) is 5.62. The Morgan fingerprint density at radius 2 is 1.93 bits per heavy atom. The van der Waals surface area contributed by atoms with Gasteiger partial charge in [-0.25, -0.2) is 0 Å². The third-order valence-corrected chi connectivity index (χ3v) is 2.56. The van der Waals surface area contributed by atoms with Crippen molar-refractivity contribution in [1.29, 1.82) is 0 Å². The second-order valence-electron chi connectivity index (χ2n) is 3.98. The van der Waals surface area contributed by atoms with Gasteiger partial charge in [-0.1, -0.05) is 26.7 Å². The average molecular weight is 200 g/mol. The second kappa shape index (κ2) is 7.94. The van der Waals surface area contributed by atoms with E-state index in [4.69, 9.17) is 11.5 Å². The molecule has 0 aliphatic heterocycles. The molecule has 3 nitrogen and oxygen atoms in total. The zero-order chi connectivity index (χ0) is 11.0. The Bertz CT molecular complexity index is 143. The van der Waals surface area contributed by atoms with Crippen LogP contribution < -0.4 is 11.5 Å². The molecule has 0 amide bonds. The van der Waals surface area contributed by atoms with Crippen LogP contribution in [-0.2, 0) is 4.79 Å². The molecule has 0 saturated heterocycles. The molecular formula is C11H24N2O. The van der Waals surface area contributed by atoms with Crippen molar-refractivity contribution in [3.63, 3.8) is 0 Å². The number of carbonyl (C=O) groups excluding carboxylic acids is 1. The van der Waals surface area contributed by atoms with Crippen LogP contribution in [0.5, 0.6) is 0 Å². The molecule has 0 spiro atoms. The van der Waals surface area contributed by atoms with Crippen molar-refractivity contribution < 1.29 is 4.79 Å². The maximum Gasteiger partial charge on any atom is 0.152 e. The van der Waals surface area contributed by atoms with Gasteiger partial charge in [-0.2, -0.15) is 0 Å². The van der Waals surface area contributed by atoms with E-state index in [9.17, 15) is 4.79 Å². The summed E-state index contributed by atoms with van der Waals surface area (Å²) in [4.78, 5) is 11.7. The second-order valence-corrected chi connectivity index (χ2v) is 3.98. The highest BCUT2D eigenvalue weighted by Gasteiger charge is 2.19. The van der Waals surface area contributed by atoms with Crippen LogP contribution in [-0.4, -0.2) is 18.4 Å². The van der Waals surface area contributed by atoms with Crippen molar-refractivity contribution in [1.82, 2.24) is 0 Å². The fraction of sp³-hybridized carbons (Fsp3) is 0.909. The Hall–Kier alpha value is -0.410. The van der Waals surface area contributed by atoms with Gasteiger partial charge >= 0.3 is 0 Å². The molecule has 3 heteroatoms. The standard InChI is InChI=1S/C11H24N2O/c1-3-4-6-9(2)11(14)10(13)7-5-8-12/h9-10H,3-8,12-13H2,1-2H3. The molecule has 0 fully saturated rings. The van der Waals surface area contributed by atoms with Crippen molar-refractivity contribution in [3.8, 4) is 0 Å². The van der Waals surface area contributed by atoms with Crippen LogP contribution in [0.15, 0.2) is 0 Å². The van der Waals surface area contributed by atoms with Gasteiger partial charge in [0.1, 0.15) is 0 Å². The van der Waals surface area contributed by atoms with E-state index in [-0.39, 0.29) is 17.7 Å². The number of unbranched alkanes of at least 4 members (excludes halogenated alkanes) is 1. The normalized spacial score (nSPS) is 15.1. The van der Waals surface area contributed by atoms with E-state index in [1.165, 1.54) is 0 Å². The number of Topliss-reactive ketones (excluding diaryl/α,β-unsaturated/α-hetero) is 1. The molecule has 14 heavy (non-hydrogen) atoms. The van der Waals surface area contributed by atoms with Crippen molar-refractivity contribution in [2.45, 2.75) is 52.0 Å². The average Bonchev–Trinajstić information content (AvgIpc) is 2.21. The van der Waals surface area contributed by atoms with Gasteiger partial charge in [-0.3, -0.25) is 4.79 Å². The van der Waals surface area contributed by atoms with Gasteiger partial charge in [0.2, 0.25) is 0 Å². The van der Waals surface area contributed by atoms with Gasteiger partial charge in [0.25, 0.3) is 0 Å². The minimum Gasteiger partial charge on any atom is -0.330 e. The van der Waals surface area contributed by atoms with Crippen LogP contribution in [0.4, 0.5) is 0 Å². The largest absolute Gasteiger partial charge is 0.330 e. The first-order valence-corrected chi connectivity index (χ1v) is 5.62. The third kappa shape index (κ3) is 5.35. The Labute approximate surface area is 87.2 Å². The smallest absolute Gasteiger partial charge is 0.152 e. The fourth-order valence-corrected chi connectivity index (χ4v) is 1.50. The van der Waals surface area contributed by atoms with Crippen molar-refractivity contribution in [2.24, 2.45) is 17.4 Å². The topological polar surface area (TPSA) is 69.1 Å². The number of rotatable bonds is 8. The van der Waals surface area contributed by atoms with Crippen molar-refractivity contribution >= 4 is 5.78 Å². The Morgan fingerprint density at radius 3 is 2.43 bits per heavy atom. The molecule has 0 aromatic rings. The SMILES string of the molecule is CCCCC(C)C(=O)C(N)CCCN. The Morgan fingerprint density at radius 1 is 1.29 bits per heavy atom. The van der Waals surface area contributed by atoms with E-state index < -0.39 is 0 Å². The molecule has 0 heterocycles. The summed E-state index contributed by atoms with van der Waals surface area (Å²) in [6.07, 6.45) is 4.77. The summed E-state index contributed by atoms with van der Waals surface area (Å²) >= 11 is 0. The summed E-state index contributed by atoms with van der Waals surface area (Å²) in [6.45, 7) is 4.72. The van der Waals surface area contributed by atoms with Crippen LogP contribution in [0.3, 0.4) is 0 Å². The molecular weight excluding hydrogens is 176 g/mol. The summed E-state index contributed by atoms with van der Waals surface area (Å²) in [5.41, 5.74) is 11.1. The zero-order valence-corrected chi connectivity index (χ0v) is 9.46. The highest BCUT2D eigenvalue weighted by atomic mass is 16.1. The lowest BCUT2D eigenvalue weighted by Crippen LogP contribution is -2.35. The summed E-state index contributed by atoms with van der Waals surface area (Å²) in [6, 6.07) is -0.301. The molecule has 0 rings (SSSR count). The molecule has 0 bridgehead atoms. The Balaban J connectivity index is 3.78. The fourth-order valence-electron chi connectivity index (χ4n) is 1.50. The van der Waals surface area contributed by atoms with Crippen LogP contribution in [0.25, 0.3) is 0 Å². The van der Waals surface area contributed by atoms with Crippen LogP contribution in [0.2, 0.25) is 0 Å². The molecule has 2 atom stereocenters. The third-order valence-electron chi connectivity index (χ3n) is 2.56. The van der Waals surface area contributed by atoms with Gasteiger partial charge in [0.05, 0.1) is 6.04 Å². The van der Waals surface area contributed by atoms with Gasteiger partial charge < -0.3 is 11.5 Å². The highest BCUT2D eigenvalue weighted by molar-refractivity contribution is 5.85. The van der Waals surface area contributed by atoms with E-state index in [0.29, 0.717) is 6.54 Å². The summed E-state index contributed by atoms with van der Waals surface area (Å²) in [5.74, 6) is 0.314. The number of ketones is 1. The molecule has 84 valence electrons. The van der Waals surface area contributed by atoms with E-state index >= 15 is 0 Å². The first kappa shape index (κ1) is 13.6. The Kier molecular flexibility index (Phi) is 7.71. The van der Waals surface area contributed by atoms with Crippen LogP contribution >= 0.6 is 0 Å². The number of carbonyl (C=O) groups is 1. The lowest BCUT2D eigenvalue weighted by Gasteiger charge is -2.15. The van der Waals surface area contributed by atoms with Gasteiger partial charge in [-0.05, 0) is 25.8 Å². The molecule has 0 saturated carbocycles. The minimum absolute atomic E-state index is 0.114. The van der Waals surface area contributed by atoms with Gasteiger partial charge in [-0.15, -0.1) is 0 Å². The monoisotopic (exact) mass is 200 g/mol. The van der Waals surface area contributed by atoms with Crippen LogP contribution in [0, 0.1) is 5.92 Å². The van der Waals surface area contributed by atoms with Gasteiger partial charge in [0, 0.05) is 5.92 Å². The molecule has 0 aromatic carbocycles. The van der Waals surface area contributed by atoms with E-state index in [1.807, 2.05) is 6.92 Å². The predicted octanol–water partition coefficient (Wildman–Crippen LogP) is 1.45. The maximum absolute atomic E-state index is 11.7. The van der Waals surface area contributed by atoms with E-state index in [1.54, 1.807) is 0 Å². The van der Waals surface area contributed by atoms with E-state index in [2.05, 4.69) is 6.92 Å². The number of nitrogens with two attached hydrogens (primary N) is 2. The summed E-state index contributed by atoms with van der Waals surface area (Å²) in [7, 11) is 0. The lowest BCUT2D eigenvalue weighted by molar-refractivity contribution is -0.124. The van der Waals surface area contributed by atoms with Crippen LogP contribution in [0.1, 0.15) is 46.0 Å². The molecule has 0 aromatic heterocycles. The molecule has 0 aliphatic rings. The van der Waals surface area contributed by atoms with Crippen molar-refractivity contribution in [3.05, 3.63) is 0 Å². The zero-order valence-electron chi connectivity index (χ0n) is 9.46. The quantitative estimate of drug-likeness (QED) is 0.623.